The number of ether oxygens (including phenoxy) is 1. The Bertz CT molecular complexity index is 657. The third-order valence-electron chi connectivity index (χ3n) is 5.35. The van der Waals surface area contributed by atoms with Gasteiger partial charge in [-0.05, 0) is 52.3 Å². The smallest absolute Gasteiger partial charge is 0.216 e. The normalized spacial score (nSPS) is 24.9. The van der Waals surface area contributed by atoms with E-state index in [1.807, 2.05) is 18.2 Å². The van der Waals surface area contributed by atoms with E-state index in [1.165, 1.54) is 0 Å². The quantitative estimate of drug-likeness (QED) is 0.804. The van der Waals surface area contributed by atoms with Crippen LogP contribution in [-0.4, -0.2) is 66.7 Å². The maximum absolute atomic E-state index is 12.3. The summed E-state index contributed by atoms with van der Waals surface area (Å²) in [6, 6.07) is 5.65. The van der Waals surface area contributed by atoms with E-state index < -0.39 is 10.0 Å². The van der Waals surface area contributed by atoms with Crippen LogP contribution in [0.2, 0.25) is 0 Å². The predicted octanol–water partition coefficient (Wildman–Crippen LogP) is 1.59. The maximum atomic E-state index is 12.3. The van der Waals surface area contributed by atoms with Crippen molar-refractivity contribution in [3.8, 4) is 5.88 Å². The topological polar surface area (TPSA) is 62.7 Å². The van der Waals surface area contributed by atoms with Crippen molar-refractivity contribution in [1.82, 2.24) is 14.2 Å². The van der Waals surface area contributed by atoms with Gasteiger partial charge in [-0.15, -0.1) is 0 Å². The van der Waals surface area contributed by atoms with Crippen LogP contribution >= 0.6 is 0 Å². The van der Waals surface area contributed by atoms with Gasteiger partial charge in [-0.2, -0.15) is 4.31 Å². The lowest BCUT2D eigenvalue weighted by Gasteiger charge is -2.58. The summed E-state index contributed by atoms with van der Waals surface area (Å²) in [5.74, 6) is 1.09. The number of hydrogen-bond donors (Lipinski definition) is 0. The van der Waals surface area contributed by atoms with Crippen molar-refractivity contribution in [3.05, 3.63) is 24.4 Å². The molecule has 0 N–H and O–H groups in total. The Morgan fingerprint density at radius 2 is 2.12 bits per heavy atom. The molecular formula is C17H27N3O3S. The SMILES string of the molecule is CC(C)S(=O)(=O)N1CC2(C[C@H](COc3ccccn3)CCN2C)C1. The highest BCUT2D eigenvalue weighted by atomic mass is 32.2. The minimum Gasteiger partial charge on any atom is -0.477 e. The average molecular weight is 353 g/mol. The van der Waals surface area contributed by atoms with Crippen LogP contribution in [-0.2, 0) is 10.0 Å². The number of pyridine rings is 1. The second-order valence-electron chi connectivity index (χ2n) is 7.35. The monoisotopic (exact) mass is 353 g/mol. The van der Waals surface area contributed by atoms with E-state index in [0.717, 1.165) is 19.4 Å². The number of sulfonamides is 1. The summed E-state index contributed by atoms with van der Waals surface area (Å²) in [6.07, 6.45) is 3.77. The molecule has 0 unspecified atom stereocenters. The number of aromatic nitrogens is 1. The van der Waals surface area contributed by atoms with Gasteiger partial charge in [0, 0.05) is 30.9 Å². The second-order valence-corrected chi connectivity index (χ2v) is 9.83. The van der Waals surface area contributed by atoms with Gasteiger partial charge in [0.15, 0.2) is 0 Å². The first kappa shape index (κ1) is 17.6. The molecule has 1 spiro atoms. The molecule has 0 saturated carbocycles. The van der Waals surface area contributed by atoms with Crippen molar-refractivity contribution in [3.63, 3.8) is 0 Å². The highest BCUT2D eigenvalue weighted by Gasteiger charge is 2.53. The van der Waals surface area contributed by atoms with Crippen molar-refractivity contribution in [2.45, 2.75) is 37.5 Å². The minimum atomic E-state index is -3.15. The van der Waals surface area contributed by atoms with Gasteiger partial charge in [-0.3, -0.25) is 4.90 Å². The van der Waals surface area contributed by atoms with Gasteiger partial charge >= 0.3 is 0 Å². The molecule has 0 aliphatic carbocycles. The lowest BCUT2D eigenvalue weighted by Crippen LogP contribution is -2.73. The molecule has 134 valence electrons. The molecule has 24 heavy (non-hydrogen) atoms. The fraction of sp³-hybridized carbons (Fsp3) is 0.706. The van der Waals surface area contributed by atoms with E-state index in [9.17, 15) is 8.42 Å². The molecule has 0 amide bonds. The number of hydrogen-bond acceptors (Lipinski definition) is 5. The van der Waals surface area contributed by atoms with Gasteiger partial charge in [0.25, 0.3) is 0 Å². The largest absolute Gasteiger partial charge is 0.477 e. The van der Waals surface area contributed by atoms with Crippen LogP contribution in [0.1, 0.15) is 26.7 Å². The van der Waals surface area contributed by atoms with E-state index in [2.05, 4.69) is 16.9 Å². The van der Waals surface area contributed by atoms with Gasteiger partial charge in [0.2, 0.25) is 15.9 Å². The highest BCUT2D eigenvalue weighted by molar-refractivity contribution is 7.89. The molecule has 2 fully saturated rings. The summed E-state index contributed by atoms with van der Waals surface area (Å²) in [5.41, 5.74) is -0.0294. The summed E-state index contributed by atoms with van der Waals surface area (Å²) in [7, 11) is -1.04. The zero-order valence-corrected chi connectivity index (χ0v) is 15.5. The number of likely N-dealkylation sites (tertiary alicyclic amines) is 1. The molecule has 1 atom stereocenters. The number of piperidine rings is 1. The fourth-order valence-electron chi connectivity index (χ4n) is 3.65. The summed E-state index contributed by atoms with van der Waals surface area (Å²) >= 11 is 0. The zero-order valence-electron chi connectivity index (χ0n) is 14.7. The number of rotatable bonds is 5. The molecule has 0 radical (unpaired) electrons. The first-order valence-corrected chi connectivity index (χ1v) is 10.1. The predicted molar refractivity (Wildman–Crippen MR) is 93.4 cm³/mol. The van der Waals surface area contributed by atoms with Crippen LogP contribution in [0.4, 0.5) is 0 Å². The van der Waals surface area contributed by atoms with Crippen LogP contribution in [0.15, 0.2) is 24.4 Å². The molecule has 1 aromatic heterocycles. The Balaban J connectivity index is 1.59. The highest BCUT2D eigenvalue weighted by Crippen LogP contribution is 2.40. The van der Waals surface area contributed by atoms with E-state index in [4.69, 9.17) is 4.74 Å². The van der Waals surface area contributed by atoms with Gasteiger partial charge in [0.05, 0.1) is 11.9 Å². The second kappa shape index (κ2) is 6.61. The number of likely N-dealkylation sites (N-methyl/N-ethyl adjacent to an activating group) is 1. The van der Waals surface area contributed by atoms with E-state index in [0.29, 0.717) is 31.5 Å². The van der Waals surface area contributed by atoms with Crippen molar-refractivity contribution in [2.75, 3.05) is 33.3 Å². The number of nitrogens with zero attached hydrogens (tertiary/aromatic N) is 3. The van der Waals surface area contributed by atoms with Crippen molar-refractivity contribution >= 4 is 10.0 Å². The molecule has 7 heteroatoms. The van der Waals surface area contributed by atoms with E-state index in [1.54, 1.807) is 24.3 Å². The molecule has 1 aromatic rings. The van der Waals surface area contributed by atoms with Crippen LogP contribution in [0.25, 0.3) is 0 Å². The van der Waals surface area contributed by atoms with Gasteiger partial charge in [-0.25, -0.2) is 13.4 Å². The van der Waals surface area contributed by atoms with Gasteiger partial charge < -0.3 is 4.74 Å². The fourth-order valence-corrected chi connectivity index (χ4v) is 5.08. The molecule has 3 heterocycles. The standard InChI is InChI=1S/C17H27N3O3S/c1-14(2)24(21,22)20-12-17(13-20)10-15(7-9-19(17)3)11-23-16-6-4-5-8-18-16/h4-6,8,14-15H,7,9-13H2,1-3H3/t15-/m1/s1. The Morgan fingerprint density at radius 1 is 1.38 bits per heavy atom. The molecule has 2 saturated heterocycles. The Hall–Kier alpha value is -1.18. The van der Waals surface area contributed by atoms with Crippen molar-refractivity contribution in [2.24, 2.45) is 5.92 Å². The summed E-state index contributed by atoms with van der Waals surface area (Å²) in [4.78, 5) is 6.52. The third-order valence-corrected chi connectivity index (χ3v) is 7.52. The molecule has 0 aromatic carbocycles. The Labute approximate surface area is 144 Å². The van der Waals surface area contributed by atoms with Gasteiger partial charge in [0.1, 0.15) is 0 Å². The van der Waals surface area contributed by atoms with E-state index in [-0.39, 0.29) is 10.8 Å². The third kappa shape index (κ3) is 3.30. The summed E-state index contributed by atoms with van der Waals surface area (Å²) in [5, 5.41) is -0.355. The maximum Gasteiger partial charge on any atom is 0.216 e. The molecule has 6 nitrogen and oxygen atoms in total. The van der Waals surface area contributed by atoms with Crippen LogP contribution in [0, 0.1) is 5.92 Å². The molecule has 2 aliphatic rings. The Kier molecular flexibility index (Phi) is 4.86. The Morgan fingerprint density at radius 3 is 2.75 bits per heavy atom. The van der Waals surface area contributed by atoms with Gasteiger partial charge in [-0.1, -0.05) is 6.07 Å². The molecule has 3 rings (SSSR count). The first-order valence-electron chi connectivity index (χ1n) is 8.57. The lowest BCUT2D eigenvalue weighted by atomic mass is 9.77. The average Bonchev–Trinajstić information content (AvgIpc) is 2.52. The van der Waals surface area contributed by atoms with Crippen molar-refractivity contribution in [1.29, 1.82) is 0 Å². The van der Waals surface area contributed by atoms with Crippen LogP contribution in [0.3, 0.4) is 0 Å². The van der Waals surface area contributed by atoms with Crippen molar-refractivity contribution < 1.29 is 13.2 Å². The first-order chi connectivity index (χ1) is 11.3. The summed E-state index contributed by atoms with van der Waals surface area (Å²) in [6.45, 7) is 6.31. The molecule has 0 bridgehead atoms. The lowest BCUT2D eigenvalue weighted by molar-refractivity contribution is -0.0500. The van der Waals surface area contributed by atoms with Crippen LogP contribution < -0.4 is 4.74 Å². The molecule has 2 aliphatic heterocycles. The van der Waals surface area contributed by atoms with E-state index >= 15 is 0 Å². The van der Waals surface area contributed by atoms with Crippen LogP contribution in [0.5, 0.6) is 5.88 Å². The summed E-state index contributed by atoms with van der Waals surface area (Å²) < 4.78 is 32.1. The minimum absolute atomic E-state index is 0.0294. The molecular weight excluding hydrogens is 326 g/mol. The zero-order chi connectivity index (χ0) is 17.4.